The minimum absolute atomic E-state index is 0.0441. The number of carbonyl (C=O) groups excluding carboxylic acids is 1. The van der Waals surface area contributed by atoms with Gasteiger partial charge in [-0.25, -0.2) is 4.79 Å². The van der Waals surface area contributed by atoms with Gasteiger partial charge in [0.05, 0.1) is 10.5 Å². The van der Waals surface area contributed by atoms with Crippen molar-refractivity contribution in [1.82, 2.24) is 5.32 Å². The largest absolute Gasteiger partial charge is 0.478 e. The second kappa shape index (κ2) is 9.73. The van der Waals surface area contributed by atoms with Gasteiger partial charge in [-0.1, -0.05) is 13.0 Å². The number of aromatic carboxylic acids is 1. The molecular formula is C22H24N4O5S. The molecule has 0 aliphatic carbocycles. The molecule has 10 heteroatoms. The van der Waals surface area contributed by atoms with Gasteiger partial charge in [-0.05, 0) is 67.7 Å². The molecular weight excluding hydrogens is 432 g/mol. The van der Waals surface area contributed by atoms with Crippen molar-refractivity contribution in [3.63, 3.8) is 0 Å². The first-order valence-corrected chi connectivity index (χ1v) is 10.6. The van der Waals surface area contributed by atoms with E-state index in [-0.39, 0.29) is 21.9 Å². The maximum Gasteiger partial charge on any atom is 0.335 e. The predicted octanol–water partition coefficient (Wildman–Crippen LogP) is 3.96. The number of hydrogen-bond donors (Lipinski definition) is 3. The fraction of sp³-hybridized carbons (Fsp3) is 0.318. The molecule has 3 N–H and O–H groups in total. The quantitative estimate of drug-likeness (QED) is 0.351. The van der Waals surface area contributed by atoms with Crippen LogP contribution in [0.3, 0.4) is 0 Å². The summed E-state index contributed by atoms with van der Waals surface area (Å²) in [5.74, 6) is -1.10. The molecule has 1 saturated heterocycles. The maximum absolute atomic E-state index is 12.6. The number of carboxylic acid groups (broad SMARTS) is 1. The van der Waals surface area contributed by atoms with Gasteiger partial charge >= 0.3 is 5.97 Å². The molecule has 0 unspecified atom stereocenters. The van der Waals surface area contributed by atoms with Crippen LogP contribution in [0.5, 0.6) is 0 Å². The summed E-state index contributed by atoms with van der Waals surface area (Å²) < 4.78 is 0. The molecule has 168 valence electrons. The molecule has 0 atom stereocenters. The van der Waals surface area contributed by atoms with Crippen LogP contribution in [0.1, 0.15) is 46.0 Å². The number of thiocarbonyl (C=S) groups is 1. The van der Waals surface area contributed by atoms with Gasteiger partial charge in [0.2, 0.25) is 0 Å². The molecule has 1 fully saturated rings. The number of aryl methyl sites for hydroxylation is 1. The molecule has 1 aliphatic rings. The van der Waals surface area contributed by atoms with E-state index in [0.29, 0.717) is 17.3 Å². The van der Waals surface area contributed by atoms with Crippen LogP contribution >= 0.6 is 12.2 Å². The number of nitrogens with zero attached hydrogens (tertiary/aromatic N) is 2. The van der Waals surface area contributed by atoms with Crippen molar-refractivity contribution in [3.8, 4) is 0 Å². The van der Waals surface area contributed by atoms with Crippen LogP contribution in [-0.4, -0.2) is 40.1 Å². The number of anilines is 2. The van der Waals surface area contributed by atoms with E-state index in [9.17, 15) is 19.7 Å². The number of carbonyl (C=O) groups is 2. The summed E-state index contributed by atoms with van der Waals surface area (Å²) in [5.41, 5.74) is 1.73. The number of piperidine rings is 1. The molecule has 2 aromatic rings. The Labute approximate surface area is 190 Å². The Bertz CT molecular complexity index is 1080. The second-order valence-electron chi connectivity index (χ2n) is 7.87. The minimum Gasteiger partial charge on any atom is -0.478 e. The third-order valence-corrected chi connectivity index (χ3v) is 5.72. The van der Waals surface area contributed by atoms with Crippen LogP contribution in [0, 0.1) is 23.0 Å². The van der Waals surface area contributed by atoms with E-state index < -0.39 is 16.8 Å². The van der Waals surface area contributed by atoms with Crippen LogP contribution in [0.15, 0.2) is 36.4 Å². The summed E-state index contributed by atoms with van der Waals surface area (Å²) >= 11 is 5.17. The molecule has 0 radical (unpaired) electrons. The average molecular weight is 457 g/mol. The summed E-state index contributed by atoms with van der Waals surface area (Å²) in [6.07, 6.45) is 1.92. The number of rotatable bonds is 5. The monoisotopic (exact) mass is 456 g/mol. The Morgan fingerprint density at radius 3 is 2.44 bits per heavy atom. The second-order valence-corrected chi connectivity index (χ2v) is 8.28. The van der Waals surface area contributed by atoms with Crippen molar-refractivity contribution < 1.29 is 19.6 Å². The van der Waals surface area contributed by atoms with Crippen molar-refractivity contribution in [1.29, 1.82) is 0 Å². The zero-order chi connectivity index (χ0) is 23.4. The Morgan fingerprint density at radius 1 is 1.16 bits per heavy atom. The van der Waals surface area contributed by atoms with E-state index in [1.807, 2.05) is 4.90 Å². The van der Waals surface area contributed by atoms with E-state index in [2.05, 4.69) is 17.6 Å². The molecule has 1 heterocycles. The number of nitrogens with one attached hydrogen (secondary N) is 2. The van der Waals surface area contributed by atoms with E-state index in [0.717, 1.165) is 31.5 Å². The third kappa shape index (κ3) is 5.38. The first-order valence-electron chi connectivity index (χ1n) is 10.2. The Hall–Kier alpha value is -3.53. The number of nitro benzene ring substituents is 1. The number of amides is 1. The lowest BCUT2D eigenvalue weighted by molar-refractivity contribution is -0.384. The van der Waals surface area contributed by atoms with Crippen molar-refractivity contribution in [2.45, 2.75) is 26.7 Å². The van der Waals surface area contributed by atoms with Crippen LogP contribution < -0.4 is 15.5 Å². The Balaban J connectivity index is 1.74. The van der Waals surface area contributed by atoms with Gasteiger partial charge < -0.3 is 15.3 Å². The molecule has 9 nitrogen and oxygen atoms in total. The summed E-state index contributed by atoms with van der Waals surface area (Å²) in [4.78, 5) is 37.0. The maximum atomic E-state index is 12.6. The first-order chi connectivity index (χ1) is 15.2. The van der Waals surface area contributed by atoms with E-state index >= 15 is 0 Å². The SMILES string of the molecule is Cc1ccc(C(=O)O)cc1NC(=S)NC(=O)c1ccc(N2CCC(C)CC2)c([N+](=O)[O-])c1. The number of hydrogen-bond acceptors (Lipinski definition) is 6. The average Bonchev–Trinajstić information content (AvgIpc) is 2.75. The predicted molar refractivity (Wildman–Crippen MR) is 126 cm³/mol. The normalized spacial score (nSPS) is 14.0. The molecule has 0 aromatic heterocycles. The summed E-state index contributed by atoms with van der Waals surface area (Å²) in [6.45, 7) is 5.39. The van der Waals surface area contributed by atoms with E-state index in [1.54, 1.807) is 19.1 Å². The van der Waals surface area contributed by atoms with Gasteiger partial charge in [-0.2, -0.15) is 0 Å². The fourth-order valence-electron chi connectivity index (χ4n) is 3.55. The van der Waals surface area contributed by atoms with Gasteiger partial charge in [0.25, 0.3) is 11.6 Å². The highest BCUT2D eigenvalue weighted by Crippen LogP contribution is 2.32. The van der Waals surface area contributed by atoms with Gasteiger partial charge in [-0.15, -0.1) is 0 Å². The molecule has 2 aromatic carbocycles. The molecule has 0 saturated carbocycles. The lowest BCUT2D eigenvalue weighted by Gasteiger charge is -2.31. The smallest absolute Gasteiger partial charge is 0.335 e. The summed E-state index contributed by atoms with van der Waals surface area (Å²) in [6, 6.07) is 8.89. The lowest BCUT2D eigenvalue weighted by atomic mass is 9.98. The lowest BCUT2D eigenvalue weighted by Crippen LogP contribution is -2.35. The van der Waals surface area contributed by atoms with Gasteiger partial charge in [-0.3, -0.25) is 20.2 Å². The summed E-state index contributed by atoms with van der Waals surface area (Å²) in [5, 5.41) is 26.0. The minimum atomic E-state index is -1.08. The number of carboxylic acids is 1. The molecule has 0 bridgehead atoms. The molecule has 1 amide bonds. The fourth-order valence-corrected chi connectivity index (χ4v) is 3.75. The van der Waals surface area contributed by atoms with Gasteiger partial charge in [0, 0.05) is 30.4 Å². The van der Waals surface area contributed by atoms with Crippen molar-refractivity contribution in [2.24, 2.45) is 5.92 Å². The molecule has 3 rings (SSSR count). The Morgan fingerprint density at radius 2 is 1.81 bits per heavy atom. The van der Waals surface area contributed by atoms with Crippen LogP contribution in [0.4, 0.5) is 17.1 Å². The van der Waals surface area contributed by atoms with E-state index in [4.69, 9.17) is 17.3 Å². The first kappa shape index (κ1) is 23.1. The highest BCUT2D eigenvalue weighted by molar-refractivity contribution is 7.80. The van der Waals surface area contributed by atoms with Gasteiger partial charge in [0.15, 0.2) is 5.11 Å². The number of benzene rings is 2. The third-order valence-electron chi connectivity index (χ3n) is 5.52. The van der Waals surface area contributed by atoms with E-state index in [1.165, 1.54) is 24.3 Å². The standard InChI is InChI=1S/C22H24N4O5S/c1-13-7-9-25(10-8-13)18-6-5-15(12-19(18)26(30)31)20(27)24-22(32)23-17-11-16(21(28)29)4-3-14(17)2/h3-6,11-13H,7-10H2,1-2H3,(H,28,29)(H2,23,24,27,32). The highest BCUT2D eigenvalue weighted by atomic mass is 32.1. The van der Waals surface area contributed by atoms with Crippen molar-refractivity contribution in [2.75, 3.05) is 23.3 Å². The van der Waals surface area contributed by atoms with Crippen LogP contribution in [-0.2, 0) is 0 Å². The number of nitro groups is 1. The Kier molecular flexibility index (Phi) is 7.04. The molecule has 32 heavy (non-hydrogen) atoms. The zero-order valence-corrected chi connectivity index (χ0v) is 18.6. The highest BCUT2D eigenvalue weighted by Gasteiger charge is 2.25. The van der Waals surface area contributed by atoms with Crippen molar-refractivity contribution in [3.05, 3.63) is 63.2 Å². The van der Waals surface area contributed by atoms with Crippen LogP contribution in [0.25, 0.3) is 0 Å². The molecule has 1 aliphatic heterocycles. The topological polar surface area (TPSA) is 125 Å². The van der Waals surface area contributed by atoms with Gasteiger partial charge in [0.1, 0.15) is 5.69 Å². The van der Waals surface area contributed by atoms with Crippen molar-refractivity contribution >= 4 is 46.3 Å². The summed E-state index contributed by atoms with van der Waals surface area (Å²) in [7, 11) is 0. The van der Waals surface area contributed by atoms with Crippen LogP contribution in [0.2, 0.25) is 0 Å². The molecule has 0 spiro atoms. The zero-order valence-electron chi connectivity index (χ0n) is 17.8.